The average molecular weight is 242 g/mol. The van der Waals surface area contributed by atoms with E-state index < -0.39 is 0 Å². The first kappa shape index (κ1) is 10.9. The van der Waals surface area contributed by atoms with Gasteiger partial charge in [-0.1, -0.05) is 0 Å². The van der Waals surface area contributed by atoms with Crippen molar-refractivity contribution < 1.29 is 9.47 Å². The largest absolute Gasteiger partial charge is 0.486 e. The molecule has 0 radical (unpaired) electrons. The number of pyridine rings is 1. The molecule has 4 heteroatoms. The monoisotopic (exact) mass is 242 g/mol. The zero-order chi connectivity index (χ0) is 12.5. The smallest absolute Gasteiger partial charge is 0.162 e. The van der Waals surface area contributed by atoms with Crippen LogP contribution in [0.2, 0.25) is 0 Å². The lowest BCUT2D eigenvalue weighted by Crippen LogP contribution is -2.15. The molecule has 2 aromatic rings. The fraction of sp³-hybridized carbons (Fsp3) is 0.214. The second-order valence-corrected chi connectivity index (χ2v) is 4.25. The molecule has 1 aromatic heterocycles. The van der Waals surface area contributed by atoms with Crippen molar-refractivity contribution in [3.05, 3.63) is 36.0 Å². The SMILES string of the molecule is Cc1ccnc(-c2ccc3c(c2)OCCO3)c1N. The summed E-state index contributed by atoms with van der Waals surface area (Å²) in [6, 6.07) is 7.67. The van der Waals surface area contributed by atoms with Crippen LogP contribution in [0.15, 0.2) is 30.5 Å². The first-order chi connectivity index (χ1) is 8.75. The van der Waals surface area contributed by atoms with Gasteiger partial charge in [0.1, 0.15) is 13.2 Å². The summed E-state index contributed by atoms with van der Waals surface area (Å²) in [5.41, 5.74) is 9.51. The van der Waals surface area contributed by atoms with Gasteiger partial charge in [0.25, 0.3) is 0 Å². The predicted octanol–water partition coefficient (Wildman–Crippen LogP) is 2.41. The molecule has 1 aliphatic heterocycles. The topological polar surface area (TPSA) is 57.4 Å². The second-order valence-electron chi connectivity index (χ2n) is 4.25. The molecule has 0 aliphatic carbocycles. The quantitative estimate of drug-likeness (QED) is 0.834. The number of nitrogen functional groups attached to an aromatic ring is 1. The molecule has 0 saturated heterocycles. The van der Waals surface area contributed by atoms with Gasteiger partial charge in [0.15, 0.2) is 11.5 Å². The van der Waals surface area contributed by atoms with Crippen molar-refractivity contribution in [1.82, 2.24) is 4.98 Å². The van der Waals surface area contributed by atoms with Gasteiger partial charge in [-0.2, -0.15) is 0 Å². The van der Waals surface area contributed by atoms with Crippen LogP contribution < -0.4 is 15.2 Å². The van der Waals surface area contributed by atoms with E-state index >= 15 is 0 Å². The van der Waals surface area contributed by atoms with E-state index in [4.69, 9.17) is 15.2 Å². The van der Waals surface area contributed by atoms with Gasteiger partial charge >= 0.3 is 0 Å². The lowest BCUT2D eigenvalue weighted by molar-refractivity contribution is 0.171. The number of aryl methyl sites for hydroxylation is 1. The van der Waals surface area contributed by atoms with Gasteiger partial charge in [-0.3, -0.25) is 4.98 Å². The van der Waals surface area contributed by atoms with Crippen molar-refractivity contribution in [3.8, 4) is 22.8 Å². The second kappa shape index (κ2) is 4.22. The summed E-state index contributed by atoms with van der Waals surface area (Å²) < 4.78 is 11.1. The summed E-state index contributed by atoms with van der Waals surface area (Å²) in [7, 11) is 0. The highest BCUT2D eigenvalue weighted by Gasteiger charge is 2.14. The zero-order valence-electron chi connectivity index (χ0n) is 10.1. The molecule has 92 valence electrons. The van der Waals surface area contributed by atoms with Crippen molar-refractivity contribution in [1.29, 1.82) is 0 Å². The Morgan fingerprint density at radius 2 is 1.89 bits per heavy atom. The number of nitrogens with zero attached hydrogens (tertiary/aromatic N) is 1. The molecular weight excluding hydrogens is 228 g/mol. The standard InChI is InChI=1S/C14H14N2O2/c1-9-4-5-16-14(13(9)15)10-2-3-11-12(8-10)18-7-6-17-11/h2-5,8H,6-7,15H2,1H3. The highest BCUT2D eigenvalue weighted by Crippen LogP contribution is 2.35. The van der Waals surface area contributed by atoms with Gasteiger partial charge in [-0.15, -0.1) is 0 Å². The molecule has 2 heterocycles. The number of rotatable bonds is 1. The van der Waals surface area contributed by atoms with E-state index in [2.05, 4.69) is 4.98 Å². The lowest BCUT2D eigenvalue weighted by atomic mass is 10.1. The minimum Gasteiger partial charge on any atom is -0.486 e. The molecule has 0 spiro atoms. The third-order valence-corrected chi connectivity index (χ3v) is 3.02. The summed E-state index contributed by atoms with van der Waals surface area (Å²) >= 11 is 0. The highest BCUT2D eigenvalue weighted by atomic mass is 16.6. The minimum absolute atomic E-state index is 0.577. The molecule has 0 atom stereocenters. The maximum absolute atomic E-state index is 6.06. The average Bonchev–Trinajstić information content (AvgIpc) is 2.41. The summed E-state index contributed by atoms with van der Waals surface area (Å²) in [6.45, 7) is 3.14. The van der Waals surface area contributed by atoms with Crippen molar-refractivity contribution in [2.75, 3.05) is 18.9 Å². The fourth-order valence-corrected chi connectivity index (χ4v) is 1.99. The number of benzene rings is 1. The van der Waals surface area contributed by atoms with Crippen LogP contribution in [0.25, 0.3) is 11.3 Å². The molecule has 0 saturated carbocycles. The van der Waals surface area contributed by atoms with Crippen LogP contribution in [-0.2, 0) is 0 Å². The van der Waals surface area contributed by atoms with E-state index in [1.54, 1.807) is 6.20 Å². The van der Waals surface area contributed by atoms with Crippen LogP contribution in [0.5, 0.6) is 11.5 Å². The van der Waals surface area contributed by atoms with E-state index in [1.165, 1.54) is 0 Å². The van der Waals surface area contributed by atoms with Gasteiger partial charge in [0.05, 0.1) is 11.4 Å². The molecule has 0 bridgehead atoms. The van der Waals surface area contributed by atoms with Crippen LogP contribution in [-0.4, -0.2) is 18.2 Å². The van der Waals surface area contributed by atoms with Crippen LogP contribution in [0.4, 0.5) is 5.69 Å². The van der Waals surface area contributed by atoms with Gasteiger partial charge < -0.3 is 15.2 Å². The number of aromatic nitrogens is 1. The molecule has 3 rings (SSSR count). The number of hydrogen-bond donors (Lipinski definition) is 1. The van der Waals surface area contributed by atoms with Gasteiger partial charge in [-0.05, 0) is 36.8 Å². The Balaban J connectivity index is 2.09. The van der Waals surface area contributed by atoms with Crippen LogP contribution in [0.3, 0.4) is 0 Å². The van der Waals surface area contributed by atoms with Crippen molar-refractivity contribution in [3.63, 3.8) is 0 Å². The summed E-state index contributed by atoms with van der Waals surface area (Å²) in [5, 5.41) is 0. The van der Waals surface area contributed by atoms with Crippen LogP contribution >= 0.6 is 0 Å². The Bertz CT molecular complexity index is 596. The van der Waals surface area contributed by atoms with Gasteiger partial charge in [0, 0.05) is 11.8 Å². The summed E-state index contributed by atoms with van der Waals surface area (Å²) in [4.78, 5) is 4.34. The maximum atomic E-state index is 6.06. The molecule has 0 amide bonds. The number of fused-ring (bicyclic) bond motifs is 1. The highest BCUT2D eigenvalue weighted by molar-refractivity contribution is 5.76. The normalized spacial score (nSPS) is 13.4. The van der Waals surface area contributed by atoms with E-state index in [0.717, 1.165) is 28.3 Å². The van der Waals surface area contributed by atoms with Crippen LogP contribution in [0, 0.1) is 6.92 Å². The Labute approximate surface area is 105 Å². The molecule has 1 aromatic carbocycles. The van der Waals surface area contributed by atoms with Crippen molar-refractivity contribution >= 4 is 5.69 Å². The number of anilines is 1. The van der Waals surface area contributed by atoms with Gasteiger partial charge in [0.2, 0.25) is 0 Å². The van der Waals surface area contributed by atoms with E-state index in [1.807, 2.05) is 31.2 Å². The number of nitrogens with two attached hydrogens (primary N) is 1. The molecule has 0 unspecified atom stereocenters. The number of hydrogen-bond acceptors (Lipinski definition) is 4. The first-order valence-electron chi connectivity index (χ1n) is 5.87. The van der Waals surface area contributed by atoms with Crippen LogP contribution in [0.1, 0.15) is 5.56 Å². The third-order valence-electron chi connectivity index (χ3n) is 3.02. The van der Waals surface area contributed by atoms with E-state index in [0.29, 0.717) is 18.9 Å². The van der Waals surface area contributed by atoms with Crippen molar-refractivity contribution in [2.24, 2.45) is 0 Å². The zero-order valence-corrected chi connectivity index (χ0v) is 10.1. The lowest BCUT2D eigenvalue weighted by Gasteiger charge is -2.19. The fourth-order valence-electron chi connectivity index (χ4n) is 1.99. The minimum atomic E-state index is 0.577. The molecular formula is C14H14N2O2. The summed E-state index contributed by atoms with van der Waals surface area (Å²) in [6.07, 6.45) is 1.76. The molecule has 4 nitrogen and oxygen atoms in total. The Morgan fingerprint density at radius 1 is 1.11 bits per heavy atom. The van der Waals surface area contributed by atoms with E-state index in [-0.39, 0.29) is 0 Å². The Hall–Kier alpha value is -2.23. The third kappa shape index (κ3) is 1.76. The first-order valence-corrected chi connectivity index (χ1v) is 5.87. The molecule has 2 N–H and O–H groups in total. The predicted molar refractivity (Wildman–Crippen MR) is 69.8 cm³/mol. The molecule has 18 heavy (non-hydrogen) atoms. The molecule has 1 aliphatic rings. The molecule has 0 fully saturated rings. The Morgan fingerprint density at radius 3 is 2.72 bits per heavy atom. The Kier molecular flexibility index (Phi) is 2.55. The van der Waals surface area contributed by atoms with E-state index in [9.17, 15) is 0 Å². The number of ether oxygens (including phenoxy) is 2. The maximum Gasteiger partial charge on any atom is 0.162 e. The van der Waals surface area contributed by atoms with Crippen molar-refractivity contribution in [2.45, 2.75) is 6.92 Å². The van der Waals surface area contributed by atoms with Gasteiger partial charge in [-0.25, -0.2) is 0 Å². The summed E-state index contributed by atoms with van der Waals surface area (Å²) in [5.74, 6) is 1.53.